The van der Waals surface area contributed by atoms with Crippen LogP contribution in [0.5, 0.6) is 5.75 Å². The number of ether oxygens (including phenoxy) is 1. The van der Waals surface area contributed by atoms with Crippen LogP contribution in [-0.4, -0.2) is 48.5 Å². The fourth-order valence-electron chi connectivity index (χ4n) is 3.40. The molecule has 0 N–H and O–H groups in total. The van der Waals surface area contributed by atoms with Gasteiger partial charge in [0.2, 0.25) is 0 Å². The van der Waals surface area contributed by atoms with Crippen LogP contribution < -0.4 is 9.64 Å². The van der Waals surface area contributed by atoms with Gasteiger partial charge in [0, 0.05) is 49.6 Å². The van der Waals surface area contributed by atoms with Gasteiger partial charge in [0.15, 0.2) is 0 Å². The van der Waals surface area contributed by atoms with E-state index >= 15 is 0 Å². The van der Waals surface area contributed by atoms with E-state index in [1.165, 1.54) is 12.1 Å². The molecule has 7 nitrogen and oxygen atoms in total. The van der Waals surface area contributed by atoms with Crippen molar-refractivity contribution in [2.75, 3.05) is 37.7 Å². The van der Waals surface area contributed by atoms with Crippen LogP contribution in [0.25, 0.3) is 6.08 Å². The van der Waals surface area contributed by atoms with Crippen LogP contribution in [0.3, 0.4) is 0 Å². The van der Waals surface area contributed by atoms with E-state index in [1.54, 1.807) is 12.1 Å². The average Bonchev–Trinajstić information content (AvgIpc) is 2.73. The Balaban J connectivity index is 1.40. The third-order valence-electron chi connectivity index (χ3n) is 4.90. The molecule has 0 aliphatic carbocycles. The van der Waals surface area contributed by atoms with E-state index in [2.05, 4.69) is 4.90 Å². The molecule has 1 fully saturated rings. The van der Waals surface area contributed by atoms with E-state index in [0.29, 0.717) is 38.4 Å². The van der Waals surface area contributed by atoms with Crippen molar-refractivity contribution in [3.8, 4) is 5.75 Å². The Hall–Kier alpha value is -3.35. The molecule has 1 saturated heterocycles. The van der Waals surface area contributed by atoms with E-state index in [1.807, 2.05) is 35.2 Å². The Kier molecular flexibility index (Phi) is 4.50. The van der Waals surface area contributed by atoms with Crippen molar-refractivity contribution >= 4 is 23.4 Å². The minimum Gasteiger partial charge on any atom is -0.488 e. The molecule has 2 aliphatic heterocycles. The van der Waals surface area contributed by atoms with Crippen LogP contribution in [0, 0.1) is 10.1 Å². The van der Waals surface area contributed by atoms with Gasteiger partial charge in [0.1, 0.15) is 12.4 Å². The fraction of sp³-hybridized carbons (Fsp3) is 0.250. The largest absolute Gasteiger partial charge is 0.488 e. The molecule has 27 heavy (non-hydrogen) atoms. The van der Waals surface area contributed by atoms with E-state index in [-0.39, 0.29) is 11.6 Å². The minimum atomic E-state index is -0.404. The van der Waals surface area contributed by atoms with Gasteiger partial charge in [0.05, 0.1) is 10.5 Å². The van der Waals surface area contributed by atoms with Crippen molar-refractivity contribution in [3.63, 3.8) is 0 Å². The number of benzene rings is 2. The second-order valence-corrected chi connectivity index (χ2v) is 6.55. The number of non-ortho nitro benzene ring substituents is 1. The number of hydrogen-bond acceptors (Lipinski definition) is 5. The summed E-state index contributed by atoms with van der Waals surface area (Å²) in [4.78, 5) is 27.1. The van der Waals surface area contributed by atoms with Gasteiger partial charge in [-0.05, 0) is 24.3 Å². The average molecular weight is 365 g/mol. The van der Waals surface area contributed by atoms with E-state index in [4.69, 9.17) is 4.74 Å². The van der Waals surface area contributed by atoms with Gasteiger partial charge in [-0.15, -0.1) is 0 Å². The van der Waals surface area contributed by atoms with Crippen LogP contribution in [0.1, 0.15) is 5.56 Å². The predicted octanol–water partition coefficient (Wildman–Crippen LogP) is 2.72. The predicted molar refractivity (Wildman–Crippen MR) is 102 cm³/mol. The summed E-state index contributed by atoms with van der Waals surface area (Å²) in [7, 11) is 0. The molecule has 7 heteroatoms. The summed E-state index contributed by atoms with van der Waals surface area (Å²) in [6.45, 7) is 2.88. The number of nitro groups is 1. The van der Waals surface area contributed by atoms with Crippen molar-refractivity contribution in [2.24, 2.45) is 0 Å². The molecule has 2 aromatic rings. The molecular weight excluding hydrogens is 346 g/mol. The lowest BCUT2D eigenvalue weighted by atomic mass is 10.1. The fourth-order valence-corrected chi connectivity index (χ4v) is 3.40. The number of hydrogen-bond donors (Lipinski definition) is 0. The van der Waals surface area contributed by atoms with Crippen molar-refractivity contribution in [2.45, 2.75) is 0 Å². The Morgan fingerprint density at radius 2 is 1.70 bits per heavy atom. The minimum absolute atomic E-state index is 0.00727. The second kappa shape index (κ2) is 7.11. The molecule has 0 saturated carbocycles. The summed E-state index contributed by atoms with van der Waals surface area (Å²) in [5.41, 5.74) is 2.60. The number of nitro benzene ring substituents is 1. The molecule has 4 rings (SSSR count). The summed E-state index contributed by atoms with van der Waals surface area (Å²) in [5, 5.41) is 10.8. The van der Waals surface area contributed by atoms with Gasteiger partial charge < -0.3 is 14.5 Å². The number of fused-ring (bicyclic) bond motifs is 1. The number of nitrogens with zero attached hydrogens (tertiary/aromatic N) is 3. The number of piperazine rings is 1. The molecule has 0 bridgehead atoms. The monoisotopic (exact) mass is 365 g/mol. The highest BCUT2D eigenvalue weighted by atomic mass is 16.6. The van der Waals surface area contributed by atoms with Gasteiger partial charge in [0.25, 0.3) is 11.6 Å². The van der Waals surface area contributed by atoms with Gasteiger partial charge in [-0.1, -0.05) is 18.2 Å². The van der Waals surface area contributed by atoms with Crippen LogP contribution in [0.4, 0.5) is 11.4 Å². The normalized spacial score (nSPS) is 16.2. The number of para-hydroxylation sites is 1. The van der Waals surface area contributed by atoms with E-state index < -0.39 is 4.92 Å². The topological polar surface area (TPSA) is 75.9 Å². The summed E-state index contributed by atoms with van der Waals surface area (Å²) >= 11 is 0. The summed E-state index contributed by atoms with van der Waals surface area (Å²) < 4.78 is 5.69. The lowest BCUT2D eigenvalue weighted by molar-refractivity contribution is -0.384. The molecule has 0 unspecified atom stereocenters. The first kappa shape index (κ1) is 17.1. The zero-order valence-electron chi connectivity index (χ0n) is 14.7. The third kappa shape index (κ3) is 3.48. The maximum atomic E-state index is 12.8. The zero-order chi connectivity index (χ0) is 18.8. The van der Waals surface area contributed by atoms with Crippen molar-refractivity contribution in [3.05, 3.63) is 69.8 Å². The van der Waals surface area contributed by atoms with Crippen LogP contribution in [0.15, 0.2) is 54.1 Å². The lowest BCUT2D eigenvalue weighted by Gasteiger charge is -2.36. The first-order valence-electron chi connectivity index (χ1n) is 8.83. The Labute approximate surface area is 156 Å². The standard InChI is InChI=1S/C20H19N3O4/c24-20(16-13-15-3-1-2-4-19(15)27-14-16)22-11-9-21(10-12-22)17-5-7-18(8-6-17)23(25)26/h1-8,13H,9-12,14H2. The smallest absolute Gasteiger partial charge is 0.269 e. The molecule has 2 aliphatic rings. The van der Waals surface area contributed by atoms with Crippen molar-refractivity contribution < 1.29 is 14.5 Å². The van der Waals surface area contributed by atoms with Crippen molar-refractivity contribution in [1.82, 2.24) is 4.90 Å². The summed E-state index contributed by atoms with van der Waals surface area (Å²) in [6.07, 6.45) is 1.91. The van der Waals surface area contributed by atoms with E-state index in [0.717, 1.165) is 17.0 Å². The summed E-state index contributed by atoms with van der Waals surface area (Å²) in [6, 6.07) is 14.2. The molecule has 0 radical (unpaired) electrons. The number of anilines is 1. The highest BCUT2D eigenvalue weighted by molar-refractivity contribution is 5.99. The molecular formula is C20H19N3O4. The van der Waals surface area contributed by atoms with Gasteiger partial charge in [-0.25, -0.2) is 0 Å². The molecule has 138 valence electrons. The maximum absolute atomic E-state index is 12.8. The van der Waals surface area contributed by atoms with Crippen LogP contribution in [0.2, 0.25) is 0 Å². The van der Waals surface area contributed by atoms with Gasteiger partial charge >= 0.3 is 0 Å². The van der Waals surface area contributed by atoms with Crippen LogP contribution >= 0.6 is 0 Å². The van der Waals surface area contributed by atoms with Gasteiger partial charge in [-0.2, -0.15) is 0 Å². The highest BCUT2D eigenvalue weighted by Crippen LogP contribution is 2.27. The van der Waals surface area contributed by atoms with Crippen molar-refractivity contribution in [1.29, 1.82) is 0 Å². The Bertz CT molecular complexity index is 900. The number of rotatable bonds is 3. The molecule has 2 heterocycles. The van der Waals surface area contributed by atoms with Crippen LogP contribution in [-0.2, 0) is 4.79 Å². The lowest BCUT2D eigenvalue weighted by Crippen LogP contribution is -2.49. The zero-order valence-corrected chi connectivity index (χ0v) is 14.7. The number of carbonyl (C=O) groups excluding carboxylic acids is 1. The SMILES string of the molecule is O=C(C1=Cc2ccccc2OC1)N1CCN(c2ccc([N+](=O)[O-])cc2)CC1. The Morgan fingerprint density at radius 1 is 1.00 bits per heavy atom. The molecule has 1 amide bonds. The Morgan fingerprint density at radius 3 is 2.41 bits per heavy atom. The molecule has 0 spiro atoms. The first-order chi connectivity index (χ1) is 13.1. The quantitative estimate of drug-likeness (QED) is 0.617. The number of amides is 1. The molecule has 2 aromatic carbocycles. The summed E-state index contributed by atoms with van der Waals surface area (Å²) in [5.74, 6) is 0.810. The third-order valence-corrected chi connectivity index (χ3v) is 4.90. The molecule has 0 aromatic heterocycles. The van der Waals surface area contributed by atoms with E-state index in [9.17, 15) is 14.9 Å². The highest BCUT2D eigenvalue weighted by Gasteiger charge is 2.26. The second-order valence-electron chi connectivity index (χ2n) is 6.55. The first-order valence-corrected chi connectivity index (χ1v) is 8.83. The maximum Gasteiger partial charge on any atom is 0.269 e. The number of carbonyl (C=O) groups is 1. The molecule has 0 atom stereocenters. The van der Waals surface area contributed by atoms with Gasteiger partial charge in [-0.3, -0.25) is 14.9 Å².